The smallest absolute Gasteiger partial charge is 0.278 e. The highest BCUT2D eigenvalue weighted by Crippen LogP contribution is 2.26. The summed E-state index contributed by atoms with van der Waals surface area (Å²) in [5.74, 6) is -0.354. The quantitative estimate of drug-likeness (QED) is 0.320. The number of para-hydroxylation sites is 1. The van der Waals surface area contributed by atoms with Gasteiger partial charge in [0.05, 0.1) is 0 Å². The highest BCUT2D eigenvalue weighted by molar-refractivity contribution is 6.31. The molecule has 0 radical (unpaired) electrons. The zero-order chi connectivity index (χ0) is 20.6. The molecule has 3 N–H and O–H groups in total. The monoisotopic (exact) mass is 409 g/mol. The van der Waals surface area contributed by atoms with Crippen LogP contribution in [-0.4, -0.2) is 22.0 Å². The first-order valence-electron chi connectivity index (χ1n) is 8.48. The molecule has 0 saturated carbocycles. The van der Waals surface area contributed by atoms with Crippen molar-refractivity contribution in [2.45, 2.75) is 0 Å². The number of rotatable bonds is 6. The predicted octanol–water partition coefficient (Wildman–Crippen LogP) is 4.30. The van der Waals surface area contributed by atoms with E-state index in [0.29, 0.717) is 27.8 Å². The summed E-state index contributed by atoms with van der Waals surface area (Å²) in [5, 5.41) is 11.8. The van der Waals surface area contributed by atoms with Crippen LogP contribution in [0, 0.1) is 0 Å². The molecule has 0 atom stereocenters. The van der Waals surface area contributed by atoms with E-state index in [0.717, 1.165) is 6.08 Å². The average molecular weight is 410 g/mol. The summed E-state index contributed by atoms with van der Waals surface area (Å²) < 4.78 is 5.77. The van der Waals surface area contributed by atoms with E-state index in [9.17, 15) is 9.59 Å². The lowest BCUT2D eigenvalue weighted by Gasteiger charge is -2.12. The lowest BCUT2D eigenvalue weighted by molar-refractivity contribution is -0.124. The van der Waals surface area contributed by atoms with Crippen LogP contribution in [0.4, 0.5) is 5.69 Å². The Hall–Kier alpha value is -3.68. The van der Waals surface area contributed by atoms with Crippen molar-refractivity contribution in [1.82, 2.24) is 10.5 Å². The minimum atomic E-state index is -0.717. The van der Waals surface area contributed by atoms with Gasteiger partial charge in [0.2, 0.25) is 0 Å². The third kappa shape index (κ3) is 5.41. The van der Waals surface area contributed by atoms with E-state index in [2.05, 4.69) is 10.3 Å². The minimum Gasteiger partial charge on any atom is -0.455 e. The summed E-state index contributed by atoms with van der Waals surface area (Å²) in [4.78, 5) is 28.2. The number of ether oxygens (including phenoxy) is 1. The summed E-state index contributed by atoms with van der Waals surface area (Å²) in [5.41, 5.74) is 2.46. The number of nitrogens with zero attached hydrogens (tertiary/aromatic N) is 1. The fourth-order valence-corrected chi connectivity index (χ4v) is 2.61. The van der Waals surface area contributed by atoms with Crippen LogP contribution in [0.5, 0.6) is 11.5 Å². The molecule has 0 aliphatic rings. The van der Waals surface area contributed by atoms with Crippen molar-refractivity contribution < 1.29 is 19.5 Å². The predicted molar refractivity (Wildman–Crippen MR) is 109 cm³/mol. The Morgan fingerprint density at radius 2 is 1.86 bits per heavy atom. The fraction of sp³-hybridized carbons (Fsp3) is 0. The highest BCUT2D eigenvalue weighted by Gasteiger charge is 2.16. The Bertz CT molecular complexity index is 1050. The third-order valence-electron chi connectivity index (χ3n) is 3.74. The Labute approximate surface area is 171 Å². The van der Waals surface area contributed by atoms with Gasteiger partial charge in [-0.1, -0.05) is 29.8 Å². The number of hydrogen-bond acceptors (Lipinski definition) is 5. The Kier molecular flexibility index (Phi) is 6.57. The molecule has 1 aromatic heterocycles. The van der Waals surface area contributed by atoms with E-state index in [1.165, 1.54) is 17.8 Å². The maximum Gasteiger partial charge on any atom is 0.278 e. The topological polar surface area (TPSA) is 101 Å². The zero-order valence-corrected chi connectivity index (χ0v) is 15.8. The van der Waals surface area contributed by atoms with Gasteiger partial charge in [0.15, 0.2) is 11.4 Å². The summed E-state index contributed by atoms with van der Waals surface area (Å²) in [6, 6.07) is 17.1. The van der Waals surface area contributed by atoms with E-state index in [1.54, 1.807) is 42.5 Å². The number of carbonyl (C=O) groups is 2. The molecule has 7 nitrogen and oxygen atoms in total. The number of hydroxylamine groups is 1. The van der Waals surface area contributed by atoms with Gasteiger partial charge in [-0.25, -0.2) is 10.5 Å². The van der Waals surface area contributed by atoms with Gasteiger partial charge < -0.3 is 10.1 Å². The first kappa shape index (κ1) is 20.1. The second kappa shape index (κ2) is 9.50. The zero-order valence-electron chi connectivity index (χ0n) is 15.0. The lowest BCUT2D eigenvalue weighted by atomic mass is 10.1. The van der Waals surface area contributed by atoms with Gasteiger partial charge in [0.25, 0.3) is 11.8 Å². The van der Waals surface area contributed by atoms with Crippen LogP contribution in [0.25, 0.3) is 6.08 Å². The minimum absolute atomic E-state index is 0.0920. The van der Waals surface area contributed by atoms with Gasteiger partial charge in [-0.05, 0) is 54.1 Å². The summed E-state index contributed by atoms with van der Waals surface area (Å²) in [6.07, 6.45) is 4.00. The van der Waals surface area contributed by atoms with Crippen LogP contribution in [-0.2, 0) is 4.79 Å². The second-order valence-electron chi connectivity index (χ2n) is 5.76. The largest absolute Gasteiger partial charge is 0.455 e. The van der Waals surface area contributed by atoms with E-state index in [4.69, 9.17) is 21.5 Å². The number of amides is 2. The van der Waals surface area contributed by atoms with Crippen LogP contribution in [0.1, 0.15) is 16.1 Å². The fourth-order valence-electron chi connectivity index (χ4n) is 2.43. The maximum absolute atomic E-state index is 12.8. The summed E-state index contributed by atoms with van der Waals surface area (Å²) in [7, 11) is 0. The molecule has 0 saturated heterocycles. The normalized spacial score (nSPS) is 10.6. The number of anilines is 1. The van der Waals surface area contributed by atoms with E-state index in [1.807, 2.05) is 18.2 Å². The van der Waals surface area contributed by atoms with Gasteiger partial charge in [-0.2, -0.15) is 0 Å². The number of pyridine rings is 1. The number of nitrogens with one attached hydrogen (secondary N) is 2. The molecule has 2 aromatic carbocycles. The first-order valence-corrected chi connectivity index (χ1v) is 8.85. The molecule has 0 spiro atoms. The van der Waals surface area contributed by atoms with E-state index in [-0.39, 0.29) is 5.69 Å². The van der Waals surface area contributed by atoms with Crippen LogP contribution in [0.3, 0.4) is 0 Å². The molecule has 146 valence electrons. The standard InChI is InChI=1S/C21H16ClN3O4/c22-15-9-10-17(14(13-15)8-11-19(26)25-28)24-21(27)20-18(7-4-12-23-20)29-16-5-2-1-3-6-16/h1-13,28H,(H,24,27)(H,25,26). The molecule has 29 heavy (non-hydrogen) atoms. The second-order valence-corrected chi connectivity index (χ2v) is 6.20. The van der Waals surface area contributed by atoms with E-state index < -0.39 is 11.8 Å². The Balaban J connectivity index is 1.86. The Morgan fingerprint density at radius 3 is 2.62 bits per heavy atom. The van der Waals surface area contributed by atoms with Gasteiger partial charge in [0.1, 0.15) is 5.75 Å². The van der Waals surface area contributed by atoms with Crippen molar-refractivity contribution in [3.63, 3.8) is 0 Å². The molecule has 0 bridgehead atoms. The number of aromatic nitrogens is 1. The van der Waals surface area contributed by atoms with E-state index >= 15 is 0 Å². The summed E-state index contributed by atoms with van der Waals surface area (Å²) in [6.45, 7) is 0. The third-order valence-corrected chi connectivity index (χ3v) is 3.98. The van der Waals surface area contributed by atoms with Crippen LogP contribution < -0.4 is 15.5 Å². The van der Waals surface area contributed by atoms with Gasteiger partial charge in [-0.3, -0.25) is 14.8 Å². The highest BCUT2D eigenvalue weighted by atomic mass is 35.5. The molecular formula is C21H16ClN3O4. The summed E-state index contributed by atoms with van der Waals surface area (Å²) >= 11 is 6.01. The van der Waals surface area contributed by atoms with Gasteiger partial charge in [0, 0.05) is 23.0 Å². The lowest BCUT2D eigenvalue weighted by Crippen LogP contribution is -2.16. The molecule has 0 fully saturated rings. The van der Waals surface area contributed by atoms with Crippen LogP contribution >= 0.6 is 11.6 Å². The molecule has 1 heterocycles. The van der Waals surface area contributed by atoms with Crippen molar-refractivity contribution in [2.24, 2.45) is 0 Å². The molecule has 8 heteroatoms. The molecule has 2 amide bonds. The number of halogens is 1. The molecular weight excluding hydrogens is 394 g/mol. The van der Waals surface area contributed by atoms with Crippen LogP contribution in [0.2, 0.25) is 5.02 Å². The van der Waals surface area contributed by atoms with Crippen molar-refractivity contribution in [3.05, 3.63) is 89.2 Å². The molecule has 3 aromatic rings. The number of hydrogen-bond donors (Lipinski definition) is 3. The first-order chi connectivity index (χ1) is 14.1. The van der Waals surface area contributed by atoms with Crippen LogP contribution in [0.15, 0.2) is 72.9 Å². The average Bonchev–Trinajstić information content (AvgIpc) is 2.74. The molecule has 0 aliphatic carbocycles. The Morgan fingerprint density at radius 1 is 1.07 bits per heavy atom. The van der Waals surface area contributed by atoms with Gasteiger partial charge in [-0.15, -0.1) is 0 Å². The molecule has 3 rings (SSSR count). The molecule has 0 unspecified atom stereocenters. The van der Waals surface area contributed by atoms with Crippen molar-refractivity contribution >= 4 is 35.2 Å². The van der Waals surface area contributed by atoms with Crippen molar-refractivity contribution in [1.29, 1.82) is 0 Å². The number of carbonyl (C=O) groups excluding carboxylic acids is 2. The van der Waals surface area contributed by atoms with Crippen molar-refractivity contribution in [3.8, 4) is 11.5 Å². The maximum atomic E-state index is 12.8. The number of benzene rings is 2. The van der Waals surface area contributed by atoms with Crippen molar-refractivity contribution in [2.75, 3.05) is 5.32 Å². The SMILES string of the molecule is O=C(C=Cc1cc(Cl)ccc1NC(=O)c1ncccc1Oc1ccccc1)NO. The molecule has 0 aliphatic heterocycles. The van der Waals surface area contributed by atoms with Gasteiger partial charge >= 0.3 is 0 Å².